The van der Waals surface area contributed by atoms with Gasteiger partial charge in [0.05, 0.1) is 15.6 Å². The summed E-state index contributed by atoms with van der Waals surface area (Å²) in [5.74, 6) is 0. The van der Waals surface area contributed by atoms with E-state index in [0.717, 1.165) is 25.0 Å². The third-order valence-corrected chi connectivity index (χ3v) is 4.12. The molecule has 1 aliphatic rings. The first-order chi connectivity index (χ1) is 7.70. The summed E-state index contributed by atoms with van der Waals surface area (Å²) >= 11 is 12.3. The zero-order valence-corrected chi connectivity index (χ0v) is 10.5. The van der Waals surface area contributed by atoms with Gasteiger partial charge in [-0.05, 0) is 24.6 Å². The molecule has 2 nitrogen and oxygen atoms in total. The molecule has 0 fully saturated rings. The molecule has 0 spiro atoms. The molecule has 0 radical (unpaired) electrons. The summed E-state index contributed by atoms with van der Waals surface area (Å²) in [5.41, 5.74) is 3.79. The second-order valence-electron chi connectivity index (χ2n) is 4.17. The fourth-order valence-electron chi connectivity index (χ4n) is 2.53. The quantitative estimate of drug-likeness (QED) is 0.765. The second-order valence-corrected chi connectivity index (χ2v) is 4.95. The summed E-state index contributed by atoms with van der Waals surface area (Å²) in [7, 11) is 2.05. The van der Waals surface area contributed by atoms with E-state index in [1.54, 1.807) is 0 Å². The normalized spacial score (nSPS) is 15.4. The number of aromatic nitrogens is 1. The van der Waals surface area contributed by atoms with Crippen LogP contribution in [0, 0.1) is 0 Å². The monoisotopic (exact) mass is 254 g/mol. The van der Waals surface area contributed by atoms with Gasteiger partial charge in [0, 0.05) is 24.7 Å². The lowest BCUT2D eigenvalue weighted by molar-refractivity contribution is 0.614. The van der Waals surface area contributed by atoms with Gasteiger partial charge in [-0.15, -0.1) is 0 Å². The van der Waals surface area contributed by atoms with Crippen LogP contribution in [-0.2, 0) is 20.0 Å². The zero-order chi connectivity index (χ0) is 11.3. The Kier molecular flexibility index (Phi) is 2.39. The van der Waals surface area contributed by atoms with Crippen LogP contribution in [0.4, 0.5) is 0 Å². The van der Waals surface area contributed by atoms with Crippen molar-refractivity contribution >= 4 is 34.1 Å². The van der Waals surface area contributed by atoms with Crippen molar-refractivity contribution in [1.82, 2.24) is 9.88 Å². The summed E-state index contributed by atoms with van der Waals surface area (Å²) < 4.78 is 2.16. The van der Waals surface area contributed by atoms with Crippen molar-refractivity contribution in [2.24, 2.45) is 7.05 Å². The van der Waals surface area contributed by atoms with Crippen LogP contribution in [0.2, 0.25) is 10.0 Å². The highest BCUT2D eigenvalue weighted by atomic mass is 35.5. The average molecular weight is 255 g/mol. The largest absolute Gasteiger partial charge is 0.345 e. The van der Waals surface area contributed by atoms with E-state index < -0.39 is 0 Å². The summed E-state index contributed by atoms with van der Waals surface area (Å²) in [6.45, 7) is 1.95. The highest BCUT2D eigenvalue weighted by Gasteiger charge is 2.20. The second kappa shape index (κ2) is 3.66. The van der Waals surface area contributed by atoms with E-state index in [9.17, 15) is 0 Å². The first-order valence-electron chi connectivity index (χ1n) is 5.35. The number of rotatable bonds is 0. The zero-order valence-electron chi connectivity index (χ0n) is 8.98. The molecular formula is C12H12Cl2N2. The molecule has 2 heterocycles. The molecule has 1 aliphatic heterocycles. The highest BCUT2D eigenvalue weighted by molar-refractivity contribution is 6.45. The van der Waals surface area contributed by atoms with Gasteiger partial charge in [-0.3, -0.25) is 0 Å². The lowest BCUT2D eigenvalue weighted by Crippen LogP contribution is -2.24. The summed E-state index contributed by atoms with van der Waals surface area (Å²) in [4.78, 5) is 0. The number of aryl methyl sites for hydroxylation is 1. The van der Waals surface area contributed by atoms with E-state index in [1.165, 1.54) is 16.6 Å². The molecule has 0 amide bonds. The fraction of sp³-hybridized carbons (Fsp3) is 0.333. The standard InChI is InChI=1S/C12H12Cl2N2/c1-16-10-6-15-5-4-7(10)8-2-3-9(13)11(14)12(8)16/h2-3,15H,4-6H2,1H3. The average Bonchev–Trinajstić information content (AvgIpc) is 2.59. The van der Waals surface area contributed by atoms with E-state index >= 15 is 0 Å². The summed E-state index contributed by atoms with van der Waals surface area (Å²) in [6, 6.07) is 3.96. The van der Waals surface area contributed by atoms with E-state index in [2.05, 4.69) is 23.0 Å². The van der Waals surface area contributed by atoms with E-state index in [1.807, 2.05) is 6.07 Å². The van der Waals surface area contributed by atoms with Gasteiger partial charge < -0.3 is 9.88 Å². The SMILES string of the molecule is Cn1c2c(c3ccc(Cl)c(Cl)c31)CCNC2. The maximum Gasteiger partial charge on any atom is 0.0835 e. The summed E-state index contributed by atoms with van der Waals surface area (Å²) in [6.07, 6.45) is 1.06. The lowest BCUT2D eigenvalue weighted by atomic mass is 10.0. The predicted octanol–water partition coefficient (Wildman–Crippen LogP) is 3.13. The minimum atomic E-state index is 0.625. The van der Waals surface area contributed by atoms with Crippen LogP contribution < -0.4 is 5.32 Å². The Morgan fingerprint density at radius 2 is 2.12 bits per heavy atom. The van der Waals surface area contributed by atoms with Crippen LogP contribution in [0.15, 0.2) is 12.1 Å². The lowest BCUT2D eigenvalue weighted by Gasteiger charge is -2.14. The third kappa shape index (κ3) is 1.30. The Morgan fingerprint density at radius 3 is 2.94 bits per heavy atom. The number of halogens is 2. The topological polar surface area (TPSA) is 17.0 Å². The van der Waals surface area contributed by atoms with E-state index in [0.29, 0.717) is 10.0 Å². The van der Waals surface area contributed by atoms with Crippen molar-refractivity contribution in [3.8, 4) is 0 Å². The smallest absolute Gasteiger partial charge is 0.0835 e. The van der Waals surface area contributed by atoms with Gasteiger partial charge >= 0.3 is 0 Å². The third-order valence-electron chi connectivity index (χ3n) is 3.33. The van der Waals surface area contributed by atoms with Gasteiger partial charge in [0.2, 0.25) is 0 Å². The van der Waals surface area contributed by atoms with Crippen LogP contribution >= 0.6 is 23.2 Å². The number of nitrogens with one attached hydrogen (secondary N) is 1. The molecule has 4 heteroatoms. The number of nitrogens with zero attached hydrogens (tertiary/aromatic N) is 1. The molecule has 1 N–H and O–H groups in total. The maximum absolute atomic E-state index is 6.28. The first kappa shape index (κ1) is 10.5. The molecular weight excluding hydrogens is 243 g/mol. The van der Waals surface area contributed by atoms with Crippen LogP contribution in [0.5, 0.6) is 0 Å². The van der Waals surface area contributed by atoms with Crippen molar-refractivity contribution in [2.75, 3.05) is 6.54 Å². The van der Waals surface area contributed by atoms with Crippen molar-refractivity contribution in [2.45, 2.75) is 13.0 Å². The molecule has 1 aromatic carbocycles. The minimum Gasteiger partial charge on any atom is -0.345 e. The molecule has 16 heavy (non-hydrogen) atoms. The van der Waals surface area contributed by atoms with Gasteiger partial charge in [0.25, 0.3) is 0 Å². The van der Waals surface area contributed by atoms with E-state index in [-0.39, 0.29) is 0 Å². The molecule has 2 aromatic rings. The van der Waals surface area contributed by atoms with Gasteiger partial charge in [0.1, 0.15) is 0 Å². The Hall–Kier alpha value is -0.700. The Morgan fingerprint density at radius 1 is 1.31 bits per heavy atom. The number of hydrogen-bond donors (Lipinski definition) is 1. The molecule has 0 unspecified atom stereocenters. The molecule has 0 saturated carbocycles. The van der Waals surface area contributed by atoms with Crippen molar-refractivity contribution < 1.29 is 0 Å². The maximum atomic E-state index is 6.28. The molecule has 1 aromatic heterocycles. The van der Waals surface area contributed by atoms with Gasteiger partial charge in [-0.1, -0.05) is 29.3 Å². The van der Waals surface area contributed by atoms with Crippen LogP contribution in [0.25, 0.3) is 10.9 Å². The molecule has 3 rings (SSSR count). The molecule has 84 valence electrons. The van der Waals surface area contributed by atoms with Gasteiger partial charge in [0.15, 0.2) is 0 Å². The molecule has 0 atom stereocenters. The van der Waals surface area contributed by atoms with Crippen LogP contribution in [0.1, 0.15) is 11.3 Å². The molecule has 0 saturated heterocycles. The number of benzene rings is 1. The first-order valence-corrected chi connectivity index (χ1v) is 6.10. The van der Waals surface area contributed by atoms with Crippen molar-refractivity contribution in [3.05, 3.63) is 33.4 Å². The highest BCUT2D eigenvalue weighted by Crippen LogP contribution is 2.36. The Balaban J connectivity index is 2.44. The fourth-order valence-corrected chi connectivity index (χ4v) is 2.97. The van der Waals surface area contributed by atoms with Gasteiger partial charge in [-0.25, -0.2) is 0 Å². The predicted molar refractivity (Wildman–Crippen MR) is 68.3 cm³/mol. The van der Waals surface area contributed by atoms with E-state index in [4.69, 9.17) is 23.2 Å². The molecule has 0 aliphatic carbocycles. The Bertz CT molecular complexity index is 572. The number of hydrogen-bond acceptors (Lipinski definition) is 1. The minimum absolute atomic E-state index is 0.625. The van der Waals surface area contributed by atoms with Crippen molar-refractivity contribution in [3.63, 3.8) is 0 Å². The Labute approximate surface area is 104 Å². The summed E-state index contributed by atoms with van der Waals surface area (Å²) in [5, 5.41) is 5.91. The van der Waals surface area contributed by atoms with Gasteiger partial charge in [-0.2, -0.15) is 0 Å². The molecule has 0 bridgehead atoms. The number of fused-ring (bicyclic) bond motifs is 3. The van der Waals surface area contributed by atoms with Crippen LogP contribution in [-0.4, -0.2) is 11.1 Å². The van der Waals surface area contributed by atoms with Crippen molar-refractivity contribution in [1.29, 1.82) is 0 Å². The van der Waals surface area contributed by atoms with Crippen LogP contribution in [0.3, 0.4) is 0 Å².